The Morgan fingerprint density at radius 1 is 1.35 bits per heavy atom. The molecule has 0 bridgehead atoms. The molecule has 0 radical (unpaired) electrons. The molecule has 3 nitrogen and oxygen atoms in total. The fourth-order valence-electron chi connectivity index (χ4n) is 1.49. The van der Waals surface area contributed by atoms with Crippen LogP contribution in [0.15, 0.2) is 35.7 Å². The number of benzene rings is 1. The van der Waals surface area contributed by atoms with Gasteiger partial charge in [-0.3, -0.25) is 4.79 Å². The van der Waals surface area contributed by atoms with Crippen molar-refractivity contribution in [2.24, 2.45) is 0 Å². The lowest BCUT2D eigenvalue weighted by molar-refractivity contribution is 0.0954. The third kappa shape index (κ3) is 3.39. The van der Waals surface area contributed by atoms with E-state index in [0.717, 1.165) is 17.1 Å². The van der Waals surface area contributed by atoms with E-state index in [4.69, 9.17) is 0 Å². The summed E-state index contributed by atoms with van der Waals surface area (Å²) in [5, 5.41) is 5.97. The van der Waals surface area contributed by atoms with Gasteiger partial charge in [-0.25, -0.2) is 4.98 Å². The zero-order valence-electron chi connectivity index (χ0n) is 9.64. The predicted molar refractivity (Wildman–Crippen MR) is 69.3 cm³/mol. The van der Waals surface area contributed by atoms with Gasteiger partial charge < -0.3 is 5.32 Å². The SMILES string of the molecule is Cc1csc(CCNC(=O)c2ccccc2)n1. The summed E-state index contributed by atoms with van der Waals surface area (Å²) in [6, 6.07) is 9.24. The summed E-state index contributed by atoms with van der Waals surface area (Å²) in [5.74, 6) is -0.0288. The number of nitrogens with zero attached hydrogens (tertiary/aromatic N) is 1. The molecule has 88 valence electrons. The standard InChI is InChI=1S/C13H14N2OS/c1-10-9-17-12(15-10)7-8-14-13(16)11-5-3-2-4-6-11/h2-6,9H,7-8H2,1H3,(H,14,16). The smallest absolute Gasteiger partial charge is 0.251 e. The molecule has 0 aliphatic carbocycles. The lowest BCUT2D eigenvalue weighted by Gasteiger charge is -2.03. The number of nitrogens with one attached hydrogen (secondary N) is 1. The van der Waals surface area contributed by atoms with Crippen LogP contribution in [0.25, 0.3) is 0 Å². The van der Waals surface area contributed by atoms with Crippen LogP contribution in [-0.4, -0.2) is 17.4 Å². The highest BCUT2D eigenvalue weighted by Crippen LogP contribution is 2.08. The zero-order chi connectivity index (χ0) is 12.1. The second kappa shape index (κ2) is 5.59. The van der Waals surface area contributed by atoms with E-state index in [1.54, 1.807) is 11.3 Å². The maximum atomic E-state index is 11.7. The van der Waals surface area contributed by atoms with Gasteiger partial charge in [0.15, 0.2) is 0 Å². The maximum Gasteiger partial charge on any atom is 0.251 e. The Hall–Kier alpha value is -1.68. The molecule has 2 aromatic rings. The molecule has 0 fully saturated rings. The summed E-state index contributed by atoms with van der Waals surface area (Å²) in [6.07, 6.45) is 0.789. The number of carbonyl (C=O) groups is 1. The average Bonchev–Trinajstić information content (AvgIpc) is 2.76. The first-order valence-corrected chi connectivity index (χ1v) is 6.38. The lowest BCUT2D eigenvalue weighted by Crippen LogP contribution is -2.25. The van der Waals surface area contributed by atoms with Crippen LogP contribution in [0.2, 0.25) is 0 Å². The van der Waals surface area contributed by atoms with Crippen molar-refractivity contribution in [3.8, 4) is 0 Å². The lowest BCUT2D eigenvalue weighted by atomic mass is 10.2. The molecule has 1 N–H and O–H groups in total. The molecule has 1 amide bonds. The van der Waals surface area contributed by atoms with E-state index < -0.39 is 0 Å². The topological polar surface area (TPSA) is 42.0 Å². The van der Waals surface area contributed by atoms with Gasteiger partial charge in [-0.05, 0) is 19.1 Å². The summed E-state index contributed by atoms with van der Waals surface area (Å²) in [6.45, 7) is 2.60. The first-order valence-electron chi connectivity index (χ1n) is 5.50. The molecule has 0 unspecified atom stereocenters. The number of rotatable bonds is 4. The van der Waals surface area contributed by atoms with Crippen molar-refractivity contribution < 1.29 is 4.79 Å². The monoisotopic (exact) mass is 246 g/mol. The van der Waals surface area contributed by atoms with Crippen LogP contribution in [-0.2, 0) is 6.42 Å². The summed E-state index contributed by atoms with van der Waals surface area (Å²) in [7, 11) is 0. The van der Waals surface area contributed by atoms with Crippen molar-refractivity contribution in [1.82, 2.24) is 10.3 Å². The van der Waals surface area contributed by atoms with Crippen LogP contribution in [0.1, 0.15) is 21.1 Å². The van der Waals surface area contributed by atoms with Gasteiger partial charge in [-0.1, -0.05) is 18.2 Å². The molecule has 17 heavy (non-hydrogen) atoms. The van der Waals surface area contributed by atoms with Gasteiger partial charge in [0.2, 0.25) is 0 Å². The van der Waals surface area contributed by atoms with Gasteiger partial charge in [-0.2, -0.15) is 0 Å². The van der Waals surface area contributed by atoms with Gasteiger partial charge in [0.1, 0.15) is 0 Å². The Morgan fingerprint density at radius 2 is 2.12 bits per heavy atom. The minimum atomic E-state index is -0.0288. The normalized spacial score (nSPS) is 10.2. The predicted octanol–water partition coefficient (Wildman–Crippen LogP) is 2.42. The first kappa shape index (κ1) is 11.8. The molecule has 0 spiro atoms. The minimum Gasteiger partial charge on any atom is -0.352 e. The molecule has 0 aliphatic heterocycles. The molecular weight excluding hydrogens is 232 g/mol. The molecule has 1 aromatic carbocycles. The molecule has 4 heteroatoms. The fraction of sp³-hybridized carbons (Fsp3) is 0.231. The molecule has 0 aliphatic rings. The highest BCUT2D eigenvalue weighted by Gasteiger charge is 2.04. The maximum absolute atomic E-state index is 11.7. The Labute approximate surface area is 105 Å². The van der Waals surface area contributed by atoms with Crippen LogP contribution in [0, 0.1) is 6.92 Å². The Morgan fingerprint density at radius 3 is 2.76 bits per heavy atom. The Balaban J connectivity index is 1.81. The first-order chi connectivity index (χ1) is 8.25. The van der Waals surface area contributed by atoms with Gasteiger partial charge >= 0.3 is 0 Å². The summed E-state index contributed by atoms with van der Waals surface area (Å²) in [5.41, 5.74) is 1.74. The van der Waals surface area contributed by atoms with E-state index in [-0.39, 0.29) is 5.91 Å². The quantitative estimate of drug-likeness (QED) is 0.900. The van der Waals surface area contributed by atoms with E-state index >= 15 is 0 Å². The summed E-state index contributed by atoms with van der Waals surface area (Å²) in [4.78, 5) is 16.1. The van der Waals surface area contributed by atoms with Crippen LogP contribution in [0.4, 0.5) is 0 Å². The molecule has 0 saturated carbocycles. The van der Waals surface area contributed by atoms with Crippen LogP contribution < -0.4 is 5.32 Å². The Kier molecular flexibility index (Phi) is 3.88. The molecule has 0 saturated heterocycles. The van der Waals surface area contributed by atoms with Crippen molar-refractivity contribution in [3.05, 3.63) is 52.0 Å². The van der Waals surface area contributed by atoms with E-state index in [1.807, 2.05) is 42.6 Å². The van der Waals surface area contributed by atoms with Gasteiger partial charge in [-0.15, -0.1) is 11.3 Å². The van der Waals surface area contributed by atoms with Crippen molar-refractivity contribution in [2.45, 2.75) is 13.3 Å². The number of aromatic nitrogens is 1. The number of hydrogen-bond acceptors (Lipinski definition) is 3. The number of amides is 1. The van der Waals surface area contributed by atoms with Gasteiger partial charge in [0.05, 0.1) is 5.01 Å². The molecule has 0 atom stereocenters. The number of aryl methyl sites for hydroxylation is 1. The molecule has 1 aromatic heterocycles. The third-order valence-electron chi connectivity index (χ3n) is 2.33. The number of carbonyl (C=O) groups excluding carboxylic acids is 1. The molecule has 1 heterocycles. The van der Waals surface area contributed by atoms with Crippen LogP contribution in [0.3, 0.4) is 0 Å². The van der Waals surface area contributed by atoms with Crippen LogP contribution in [0.5, 0.6) is 0 Å². The number of hydrogen-bond donors (Lipinski definition) is 1. The zero-order valence-corrected chi connectivity index (χ0v) is 10.5. The minimum absolute atomic E-state index is 0.0288. The van der Waals surface area contributed by atoms with E-state index in [9.17, 15) is 4.79 Å². The van der Waals surface area contributed by atoms with Crippen molar-refractivity contribution in [2.75, 3.05) is 6.54 Å². The summed E-state index contributed by atoms with van der Waals surface area (Å²) < 4.78 is 0. The highest BCUT2D eigenvalue weighted by atomic mass is 32.1. The largest absolute Gasteiger partial charge is 0.352 e. The van der Waals surface area contributed by atoms with Crippen molar-refractivity contribution in [1.29, 1.82) is 0 Å². The van der Waals surface area contributed by atoms with E-state index in [2.05, 4.69) is 10.3 Å². The second-order valence-corrected chi connectivity index (χ2v) is 4.70. The van der Waals surface area contributed by atoms with Crippen LogP contribution >= 0.6 is 11.3 Å². The van der Waals surface area contributed by atoms with E-state index in [1.165, 1.54) is 0 Å². The number of thiazole rings is 1. The van der Waals surface area contributed by atoms with Gasteiger partial charge in [0, 0.05) is 29.6 Å². The van der Waals surface area contributed by atoms with E-state index in [0.29, 0.717) is 12.1 Å². The summed E-state index contributed by atoms with van der Waals surface area (Å²) >= 11 is 1.63. The highest BCUT2D eigenvalue weighted by molar-refractivity contribution is 7.09. The van der Waals surface area contributed by atoms with Crippen molar-refractivity contribution >= 4 is 17.2 Å². The average molecular weight is 246 g/mol. The molecule has 2 rings (SSSR count). The van der Waals surface area contributed by atoms with Gasteiger partial charge in [0.25, 0.3) is 5.91 Å². The molecular formula is C13H14N2OS. The van der Waals surface area contributed by atoms with Crippen molar-refractivity contribution in [3.63, 3.8) is 0 Å². The fourth-order valence-corrected chi connectivity index (χ4v) is 2.27. The second-order valence-electron chi connectivity index (χ2n) is 3.75. The Bertz CT molecular complexity index is 493. The third-order valence-corrected chi connectivity index (χ3v) is 3.35.